The van der Waals surface area contributed by atoms with E-state index in [0.717, 1.165) is 5.56 Å². The summed E-state index contributed by atoms with van der Waals surface area (Å²) in [5.74, 6) is 0. The lowest BCUT2D eigenvalue weighted by Gasteiger charge is -2.28. The fourth-order valence-corrected chi connectivity index (χ4v) is 1.70. The van der Waals surface area contributed by atoms with Crippen LogP contribution in [-0.4, -0.2) is 6.54 Å². The van der Waals surface area contributed by atoms with E-state index in [9.17, 15) is 4.39 Å². The van der Waals surface area contributed by atoms with Gasteiger partial charge in [-0.25, -0.2) is 4.39 Å². The Kier molecular flexibility index (Phi) is 3.19. The first kappa shape index (κ1) is 12.2. The lowest BCUT2D eigenvalue weighted by atomic mass is 9.79. The second kappa shape index (κ2) is 3.93. The number of hydrogen-bond acceptors (Lipinski definition) is 1. The maximum Gasteiger partial charge on any atom is 0.145 e. The van der Waals surface area contributed by atoms with Crippen LogP contribution in [0.5, 0.6) is 0 Å². The third-order valence-electron chi connectivity index (χ3n) is 2.68. The van der Waals surface area contributed by atoms with Crippen LogP contribution < -0.4 is 5.73 Å². The topological polar surface area (TPSA) is 26.0 Å². The minimum atomic E-state index is -1.44. The van der Waals surface area contributed by atoms with Crippen LogP contribution >= 0.6 is 0 Å². The molecule has 0 aliphatic heterocycles. The molecule has 0 bridgehead atoms. The van der Waals surface area contributed by atoms with E-state index in [1.807, 2.05) is 24.3 Å². The molecule has 84 valence electrons. The van der Waals surface area contributed by atoms with Crippen LogP contribution in [0.1, 0.15) is 38.8 Å². The molecule has 0 fully saturated rings. The van der Waals surface area contributed by atoms with E-state index in [0.29, 0.717) is 5.56 Å². The first-order valence-corrected chi connectivity index (χ1v) is 5.28. The molecule has 2 N–H and O–H groups in total. The second-order valence-electron chi connectivity index (χ2n) is 5.20. The summed E-state index contributed by atoms with van der Waals surface area (Å²) in [5, 5.41) is 0. The van der Waals surface area contributed by atoms with Gasteiger partial charge in [0.1, 0.15) is 5.67 Å². The summed E-state index contributed by atoms with van der Waals surface area (Å²) < 4.78 is 14.2. The van der Waals surface area contributed by atoms with Crippen LogP contribution in [0.2, 0.25) is 0 Å². The molecule has 0 radical (unpaired) electrons. The summed E-state index contributed by atoms with van der Waals surface area (Å²) >= 11 is 0. The molecule has 2 heteroatoms. The zero-order chi connectivity index (χ0) is 11.7. The van der Waals surface area contributed by atoms with Gasteiger partial charge in [-0.05, 0) is 23.5 Å². The Morgan fingerprint density at radius 2 is 1.53 bits per heavy atom. The smallest absolute Gasteiger partial charge is 0.145 e. The molecule has 0 aliphatic carbocycles. The summed E-state index contributed by atoms with van der Waals surface area (Å²) in [6.45, 7) is 7.80. The standard InChI is InChI=1S/C13H20FN/c1-12(2,3)10-7-5-6-8-11(10)13(4,14)9-15/h5-8H,9,15H2,1-4H3. The van der Waals surface area contributed by atoms with Crippen LogP contribution in [0, 0.1) is 0 Å². The molecule has 0 saturated carbocycles. The predicted molar refractivity (Wildman–Crippen MR) is 62.7 cm³/mol. The van der Waals surface area contributed by atoms with Crippen LogP contribution in [0.3, 0.4) is 0 Å². The van der Waals surface area contributed by atoms with Gasteiger partial charge in [-0.3, -0.25) is 0 Å². The fourth-order valence-electron chi connectivity index (χ4n) is 1.70. The molecule has 1 unspecified atom stereocenters. The number of rotatable bonds is 2. The van der Waals surface area contributed by atoms with Gasteiger partial charge in [0.05, 0.1) is 0 Å². The number of alkyl halides is 1. The summed E-state index contributed by atoms with van der Waals surface area (Å²) in [6, 6.07) is 7.60. The number of benzene rings is 1. The van der Waals surface area contributed by atoms with Gasteiger partial charge in [-0.2, -0.15) is 0 Å². The number of nitrogens with two attached hydrogens (primary N) is 1. The second-order valence-corrected chi connectivity index (χ2v) is 5.20. The van der Waals surface area contributed by atoms with Crippen LogP contribution in [0.4, 0.5) is 4.39 Å². The van der Waals surface area contributed by atoms with Crippen LogP contribution in [0.15, 0.2) is 24.3 Å². The zero-order valence-corrected chi connectivity index (χ0v) is 9.97. The Bertz CT molecular complexity index is 337. The normalized spacial score (nSPS) is 16.1. The first-order chi connectivity index (χ1) is 6.79. The van der Waals surface area contributed by atoms with Gasteiger partial charge in [-0.1, -0.05) is 45.0 Å². The average Bonchev–Trinajstić information content (AvgIpc) is 2.16. The van der Waals surface area contributed by atoms with E-state index in [1.54, 1.807) is 0 Å². The average molecular weight is 209 g/mol. The van der Waals surface area contributed by atoms with E-state index >= 15 is 0 Å². The zero-order valence-electron chi connectivity index (χ0n) is 9.97. The Balaban J connectivity index is 3.31. The van der Waals surface area contributed by atoms with Crippen molar-refractivity contribution >= 4 is 0 Å². The molecule has 0 aromatic heterocycles. The van der Waals surface area contributed by atoms with Crippen molar-refractivity contribution in [3.8, 4) is 0 Å². The summed E-state index contributed by atoms with van der Waals surface area (Å²) in [6.07, 6.45) is 0. The molecular formula is C13H20FN. The minimum absolute atomic E-state index is 0.0140. The fraction of sp³-hybridized carbons (Fsp3) is 0.538. The van der Waals surface area contributed by atoms with Crippen molar-refractivity contribution in [3.05, 3.63) is 35.4 Å². The van der Waals surface area contributed by atoms with Crippen LogP contribution in [-0.2, 0) is 11.1 Å². The number of halogens is 1. The molecule has 15 heavy (non-hydrogen) atoms. The van der Waals surface area contributed by atoms with Gasteiger partial charge >= 0.3 is 0 Å². The van der Waals surface area contributed by atoms with Gasteiger partial charge in [0.15, 0.2) is 0 Å². The third-order valence-corrected chi connectivity index (χ3v) is 2.68. The van der Waals surface area contributed by atoms with Crippen molar-refractivity contribution in [3.63, 3.8) is 0 Å². The highest BCUT2D eigenvalue weighted by atomic mass is 19.1. The Hall–Kier alpha value is -0.890. The van der Waals surface area contributed by atoms with Crippen molar-refractivity contribution in [2.45, 2.75) is 38.8 Å². The molecule has 1 aromatic carbocycles. The van der Waals surface area contributed by atoms with E-state index in [4.69, 9.17) is 5.73 Å². The molecule has 1 nitrogen and oxygen atoms in total. The van der Waals surface area contributed by atoms with E-state index in [2.05, 4.69) is 20.8 Å². The van der Waals surface area contributed by atoms with Gasteiger partial charge in [0.2, 0.25) is 0 Å². The highest BCUT2D eigenvalue weighted by Gasteiger charge is 2.30. The molecule has 1 atom stereocenters. The third kappa shape index (κ3) is 2.57. The SMILES string of the molecule is CC(C)(C)c1ccccc1C(C)(F)CN. The molecule has 0 amide bonds. The highest BCUT2D eigenvalue weighted by Crippen LogP contribution is 2.34. The molecule has 1 aromatic rings. The molecule has 0 heterocycles. The molecule has 0 aliphatic rings. The summed E-state index contributed by atoms with van der Waals surface area (Å²) in [7, 11) is 0. The highest BCUT2D eigenvalue weighted by molar-refractivity contribution is 5.37. The molecular weight excluding hydrogens is 189 g/mol. The largest absolute Gasteiger partial charge is 0.327 e. The maximum absolute atomic E-state index is 14.2. The Morgan fingerprint density at radius 1 is 1.07 bits per heavy atom. The Morgan fingerprint density at radius 3 is 1.93 bits per heavy atom. The monoisotopic (exact) mass is 209 g/mol. The lowest BCUT2D eigenvalue weighted by molar-refractivity contribution is 0.200. The van der Waals surface area contributed by atoms with Gasteiger partial charge < -0.3 is 5.73 Å². The lowest BCUT2D eigenvalue weighted by Crippen LogP contribution is -2.30. The summed E-state index contributed by atoms with van der Waals surface area (Å²) in [4.78, 5) is 0. The molecule has 0 spiro atoms. The van der Waals surface area contributed by atoms with Crippen molar-refractivity contribution < 1.29 is 4.39 Å². The Labute approximate surface area is 91.5 Å². The molecule has 1 rings (SSSR count). The van der Waals surface area contributed by atoms with Gasteiger partial charge in [0.25, 0.3) is 0 Å². The van der Waals surface area contributed by atoms with Crippen molar-refractivity contribution in [1.82, 2.24) is 0 Å². The number of hydrogen-bond donors (Lipinski definition) is 1. The molecule has 0 saturated heterocycles. The first-order valence-electron chi connectivity index (χ1n) is 5.28. The minimum Gasteiger partial charge on any atom is -0.327 e. The van der Waals surface area contributed by atoms with Gasteiger partial charge in [-0.15, -0.1) is 0 Å². The van der Waals surface area contributed by atoms with E-state index in [-0.39, 0.29) is 12.0 Å². The summed E-state index contributed by atoms with van der Waals surface area (Å²) in [5.41, 5.74) is 5.71. The predicted octanol–water partition coefficient (Wildman–Crippen LogP) is 3.13. The van der Waals surface area contributed by atoms with E-state index < -0.39 is 5.67 Å². The van der Waals surface area contributed by atoms with Crippen LogP contribution in [0.25, 0.3) is 0 Å². The van der Waals surface area contributed by atoms with Crippen molar-refractivity contribution in [1.29, 1.82) is 0 Å². The van der Waals surface area contributed by atoms with E-state index in [1.165, 1.54) is 6.92 Å². The van der Waals surface area contributed by atoms with Crippen molar-refractivity contribution in [2.75, 3.05) is 6.54 Å². The van der Waals surface area contributed by atoms with Crippen molar-refractivity contribution in [2.24, 2.45) is 5.73 Å². The maximum atomic E-state index is 14.2. The van der Waals surface area contributed by atoms with Gasteiger partial charge in [0, 0.05) is 6.54 Å². The quantitative estimate of drug-likeness (QED) is 0.795.